The van der Waals surface area contributed by atoms with Crippen molar-refractivity contribution in [3.8, 4) is 0 Å². The van der Waals surface area contributed by atoms with Crippen LogP contribution in [0.25, 0.3) is 0 Å². The molecule has 1 amide bonds. The summed E-state index contributed by atoms with van der Waals surface area (Å²) in [4.78, 5) is 32.6. The molecule has 0 saturated carbocycles. The highest BCUT2D eigenvalue weighted by atomic mass is 19.4. The minimum absolute atomic E-state index is 0.101. The van der Waals surface area contributed by atoms with Crippen molar-refractivity contribution < 1.29 is 32.3 Å². The maximum atomic E-state index is 17.4. The van der Waals surface area contributed by atoms with Crippen molar-refractivity contribution in [2.75, 3.05) is 44.3 Å². The molecule has 0 aliphatic carbocycles. The molecule has 3 saturated heterocycles. The number of carbonyl (C=O) groups excluding carboxylic acids is 2. The smallest absolute Gasteiger partial charge is 0.385 e. The van der Waals surface area contributed by atoms with E-state index in [2.05, 4.69) is 5.32 Å². The zero-order valence-corrected chi connectivity index (χ0v) is 25.5. The van der Waals surface area contributed by atoms with E-state index in [1.54, 1.807) is 35.2 Å². The van der Waals surface area contributed by atoms with Crippen molar-refractivity contribution in [2.45, 2.75) is 55.2 Å². The van der Waals surface area contributed by atoms with E-state index in [9.17, 15) is 27.9 Å². The summed E-state index contributed by atoms with van der Waals surface area (Å²) in [6.45, 7) is 1.62. The zero-order valence-electron chi connectivity index (χ0n) is 25.5. The fraction of sp³-hybridized carbons (Fsp3) is 0.429. The van der Waals surface area contributed by atoms with E-state index in [0.29, 0.717) is 32.6 Å². The van der Waals surface area contributed by atoms with E-state index in [-0.39, 0.29) is 55.9 Å². The second kappa shape index (κ2) is 12.4. The van der Waals surface area contributed by atoms with Crippen LogP contribution in [0.4, 0.5) is 23.2 Å². The summed E-state index contributed by atoms with van der Waals surface area (Å²) < 4.78 is 57.3. The van der Waals surface area contributed by atoms with Gasteiger partial charge in [-0.25, -0.2) is 4.39 Å². The molecule has 46 heavy (non-hydrogen) atoms. The average Bonchev–Trinajstić information content (AvgIpc) is 3.39. The molecule has 3 fully saturated rings. The number of amides is 1. The third kappa shape index (κ3) is 6.03. The number of Topliss-reactive ketones (excluding diaryl/α,β-unsaturated/α-hetero) is 1. The molecule has 3 aliphatic heterocycles. The van der Waals surface area contributed by atoms with Crippen LogP contribution in [0, 0.1) is 0 Å². The Hall–Kier alpha value is -3.80. The summed E-state index contributed by atoms with van der Waals surface area (Å²) >= 11 is 0. The van der Waals surface area contributed by atoms with Crippen molar-refractivity contribution in [1.82, 2.24) is 15.1 Å². The van der Waals surface area contributed by atoms with Crippen LogP contribution in [0.5, 0.6) is 0 Å². The number of benzene rings is 3. The average molecular weight is 639 g/mol. The number of likely N-dealkylation sites (tertiary alicyclic amines) is 2. The van der Waals surface area contributed by atoms with Gasteiger partial charge in [0.1, 0.15) is 5.54 Å². The Kier molecular flexibility index (Phi) is 8.69. The highest BCUT2D eigenvalue weighted by Crippen LogP contribution is 2.41. The predicted octanol–water partition coefficient (Wildman–Crippen LogP) is 5.36. The van der Waals surface area contributed by atoms with Crippen molar-refractivity contribution in [1.29, 1.82) is 0 Å². The summed E-state index contributed by atoms with van der Waals surface area (Å²) in [7, 11) is 0. The highest BCUT2D eigenvalue weighted by molar-refractivity contribution is 6.02. The van der Waals surface area contributed by atoms with Crippen molar-refractivity contribution in [3.05, 3.63) is 102 Å². The minimum Gasteiger partial charge on any atom is -0.385 e. The number of alkyl halides is 4. The van der Waals surface area contributed by atoms with Gasteiger partial charge in [-0.3, -0.25) is 14.5 Å². The SMILES string of the molecule is O=C(c1ccccc1)C(F)(CCN1CCC(O)(c2cccc(C(F)(F)F)c2)CC1)N1CCC2(CC1)C(=O)NCN2c1ccccc1. The molecule has 2 N–H and O–H groups in total. The number of aliphatic hydroxyl groups is 1. The predicted molar refractivity (Wildman–Crippen MR) is 166 cm³/mol. The van der Waals surface area contributed by atoms with E-state index in [1.807, 2.05) is 40.1 Å². The maximum Gasteiger partial charge on any atom is 0.416 e. The summed E-state index contributed by atoms with van der Waals surface area (Å²) in [6, 6.07) is 22.7. The number of anilines is 1. The lowest BCUT2D eigenvalue weighted by molar-refractivity contribution is -0.137. The monoisotopic (exact) mass is 638 g/mol. The van der Waals surface area contributed by atoms with Crippen LogP contribution >= 0.6 is 0 Å². The molecule has 3 aromatic carbocycles. The van der Waals surface area contributed by atoms with E-state index in [1.165, 1.54) is 12.1 Å². The first-order valence-electron chi connectivity index (χ1n) is 15.7. The first-order valence-corrected chi connectivity index (χ1v) is 15.7. The topological polar surface area (TPSA) is 76.1 Å². The van der Waals surface area contributed by atoms with Crippen LogP contribution in [-0.2, 0) is 16.6 Å². The largest absolute Gasteiger partial charge is 0.416 e. The molecule has 11 heteroatoms. The Morgan fingerprint density at radius 1 is 0.826 bits per heavy atom. The number of hydrogen-bond donors (Lipinski definition) is 2. The molecule has 7 nitrogen and oxygen atoms in total. The Labute approximate surface area is 265 Å². The van der Waals surface area contributed by atoms with Crippen LogP contribution in [0.2, 0.25) is 0 Å². The van der Waals surface area contributed by atoms with Gasteiger partial charge < -0.3 is 20.2 Å². The molecule has 3 aliphatic rings. The first kappa shape index (κ1) is 32.2. The third-order valence-electron chi connectivity index (χ3n) is 10.1. The number of carbonyl (C=O) groups is 2. The van der Waals surface area contributed by atoms with Gasteiger partial charge in [0.2, 0.25) is 17.5 Å². The van der Waals surface area contributed by atoms with Crippen LogP contribution in [0.1, 0.15) is 53.6 Å². The van der Waals surface area contributed by atoms with Crippen molar-refractivity contribution in [2.24, 2.45) is 0 Å². The molecule has 0 aromatic heterocycles. The van der Waals surface area contributed by atoms with Crippen LogP contribution in [0.15, 0.2) is 84.9 Å². The molecular weight excluding hydrogens is 600 g/mol. The van der Waals surface area contributed by atoms with Gasteiger partial charge in [-0.15, -0.1) is 0 Å². The van der Waals surface area contributed by atoms with Crippen LogP contribution in [-0.4, -0.2) is 77.3 Å². The van der Waals surface area contributed by atoms with Crippen molar-refractivity contribution >= 4 is 17.4 Å². The molecule has 1 unspecified atom stereocenters. The number of nitrogens with zero attached hydrogens (tertiary/aromatic N) is 3. The van der Waals surface area contributed by atoms with Gasteiger partial charge in [0.25, 0.3) is 0 Å². The molecule has 1 spiro atoms. The standard InChI is InChI=1S/C35H38F4N4O3/c36-34(30(44)26-8-3-1-4-9-26,42-22-14-32(15-23-42)31(45)40-25-43(32)29-12-5-2-6-13-29)18-21-41-19-16-33(46,17-20-41)27-10-7-11-28(24-27)35(37,38)39/h1-13,24,46H,14-23,25H2,(H,40,45). The van der Waals surface area contributed by atoms with Gasteiger partial charge in [-0.1, -0.05) is 60.7 Å². The number of halogens is 4. The van der Waals surface area contributed by atoms with Gasteiger partial charge in [0.15, 0.2) is 0 Å². The summed E-state index contributed by atoms with van der Waals surface area (Å²) in [5, 5.41) is 14.2. The minimum atomic E-state index is -4.52. The van der Waals surface area contributed by atoms with Crippen LogP contribution < -0.4 is 10.2 Å². The third-order valence-corrected chi connectivity index (χ3v) is 10.1. The summed E-state index contributed by atoms with van der Waals surface area (Å²) in [5.41, 5.74) is -1.71. The molecule has 3 heterocycles. The second-order valence-electron chi connectivity index (χ2n) is 12.6. The van der Waals surface area contributed by atoms with Gasteiger partial charge in [0.05, 0.1) is 17.8 Å². The summed E-state index contributed by atoms with van der Waals surface area (Å²) in [6.07, 6.45) is -3.61. The zero-order chi connectivity index (χ0) is 32.6. The number of para-hydroxylation sites is 1. The molecular formula is C35H38F4N4O3. The summed E-state index contributed by atoms with van der Waals surface area (Å²) in [5.74, 6) is -3.08. The van der Waals surface area contributed by atoms with E-state index < -0.39 is 34.5 Å². The Bertz CT molecular complexity index is 1540. The molecule has 6 rings (SSSR count). The van der Waals surface area contributed by atoms with E-state index in [4.69, 9.17) is 0 Å². The molecule has 0 radical (unpaired) electrons. The molecule has 3 aromatic rings. The van der Waals surface area contributed by atoms with Gasteiger partial charge in [-0.05, 0) is 55.5 Å². The normalized spacial score (nSPS) is 21.6. The maximum absolute atomic E-state index is 17.4. The Morgan fingerprint density at radius 3 is 2.09 bits per heavy atom. The molecule has 1 atom stereocenters. The fourth-order valence-corrected chi connectivity index (χ4v) is 7.22. The van der Waals surface area contributed by atoms with Crippen molar-refractivity contribution in [3.63, 3.8) is 0 Å². The second-order valence-corrected chi connectivity index (χ2v) is 12.6. The lowest BCUT2D eigenvalue weighted by atomic mass is 9.83. The fourth-order valence-electron chi connectivity index (χ4n) is 7.22. The molecule has 244 valence electrons. The van der Waals surface area contributed by atoms with Gasteiger partial charge in [-0.2, -0.15) is 13.2 Å². The quantitative estimate of drug-likeness (QED) is 0.197. The number of piperidine rings is 2. The number of ketones is 1. The number of nitrogens with one attached hydrogen (secondary N) is 1. The molecule has 0 bridgehead atoms. The number of hydrogen-bond acceptors (Lipinski definition) is 6. The lowest BCUT2D eigenvalue weighted by Gasteiger charge is -2.47. The van der Waals surface area contributed by atoms with Crippen LogP contribution in [0.3, 0.4) is 0 Å². The lowest BCUT2D eigenvalue weighted by Crippen LogP contribution is -2.62. The van der Waals surface area contributed by atoms with E-state index in [0.717, 1.165) is 17.8 Å². The highest BCUT2D eigenvalue weighted by Gasteiger charge is 2.54. The Morgan fingerprint density at radius 2 is 1.46 bits per heavy atom. The van der Waals surface area contributed by atoms with E-state index >= 15 is 4.39 Å². The van der Waals surface area contributed by atoms with Gasteiger partial charge in [0, 0.05) is 50.4 Å². The first-order chi connectivity index (χ1) is 21.9. The van der Waals surface area contributed by atoms with Gasteiger partial charge >= 0.3 is 6.18 Å². The number of rotatable bonds is 8. The Balaban J connectivity index is 1.16.